The van der Waals surface area contributed by atoms with Gasteiger partial charge in [0.05, 0.1) is 5.60 Å². The molecule has 134 valence electrons. The topological polar surface area (TPSA) is 15.7 Å². The Labute approximate surface area is 148 Å². The van der Waals surface area contributed by atoms with Crippen molar-refractivity contribution in [1.82, 2.24) is 9.80 Å². The van der Waals surface area contributed by atoms with Crippen LogP contribution >= 0.6 is 0 Å². The first-order chi connectivity index (χ1) is 11.5. The molecule has 0 aliphatic carbocycles. The van der Waals surface area contributed by atoms with E-state index >= 15 is 0 Å². The first kappa shape index (κ1) is 17.9. The Hall–Kier alpha value is -0.900. The van der Waals surface area contributed by atoms with E-state index in [1.165, 1.54) is 56.4 Å². The van der Waals surface area contributed by atoms with Gasteiger partial charge in [0, 0.05) is 26.2 Å². The summed E-state index contributed by atoms with van der Waals surface area (Å²) in [5.74, 6) is 0.754. The molecule has 0 radical (unpaired) electrons. The molecule has 3 heteroatoms. The third-order valence-corrected chi connectivity index (χ3v) is 5.52. The fourth-order valence-electron chi connectivity index (χ4n) is 4.36. The van der Waals surface area contributed by atoms with Crippen LogP contribution in [0.3, 0.4) is 0 Å². The molecular weight excluding hydrogens is 296 g/mol. The molecule has 0 saturated carbocycles. The monoisotopic (exact) mass is 330 g/mol. The van der Waals surface area contributed by atoms with Gasteiger partial charge in [-0.25, -0.2) is 0 Å². The van der Waals surface area contributed by atoms with Crippen LogP contribution in [0, 0.1) is 5.92 Å². The van der Waals surface area contributed by atoms with E-state index in [-0.39, 0.29) is 5.60 Å². The number of hydrogen-bond donors (Lipinski definition) is 0. The van der Waals surface area contributed by atoms with Gasteiger partial charge < -0.3 is 9.64 Å². The molecule has 1 aromatic rings. The molecule has 2 aliphatic rings. The molecule has 3 nitrogen and oxygen atoms in total. The minimum absolute atomic E-state index is 0.0530. The minimum atomic E-state index is 0.0530. The van der Waals surface area contributed by atoms with Crippen molar-refractivity contribution >= 4 is 0 Å². The molecule has 24 heavy (non-hydrogen) atoms. The van der Waals surface area contributed by atoms with Crippen LogP contribution in [0.25, 0.3) is 0 Å². The van der Waals surface area contributed by atoms with E-state index in [1.54, 1.807) is 0 Å². The zero-order chi connectivity index (χ0) is 17.0. The largest absolute Gasteiger partial charge is 0.376 e. The lowest BCUT2D eigenvalue weighted by Crippen LogP contribution is -2.38. The molecule has 0 aromatic heterocycles. The predicted molar refractivity (Wildman–Crippen MR) is 100 cm³/mol. The van der Waals surface area contributed by atoms with Crippen LogP contribution in [-0.2, 0) is 17.8 Å². The molecule has 1 unspecified atom stereocenters. The zero-order valence-electron chi connectivity index (χ0n) is 15.8. The van der Waals surface area contributed by atoms with Crippen molar-refractivity contribution in [3.05, 3.63) is 35.4 Å². The third kappa shape index (κ3) is 5.05. The summed E-state index contributed by atoms with van der Waals surface area (Å²) in [7, 11) is 2.27. The lowest BCUT2D eigenvalue weighted by atomic mass is 9.88. The molecule has 2 saturated heterocycles. The van der Waals surface area contributed by atoms with Crippen LogP contribution in [0.1, 0.15) is 50.7 Å². The molecule has 0 amide bonds. The SMILES string of the molecule is CN(Cc1ccccc1CN1CCCC1)CC1CCOC(C)(C)C1. The summed E-state index contributed by atoms with van der Waals surface area (Å²) in [6.45, 7) is 11.2. The van der Waals surface area contributed by atoms with Crippen LogP contribution in [-0.4, -0.2) is 48.7 Å². The predicted octanol–water partition coefficient (Wildman–Crippen LogP) is 3.92. The molecule has 0 bridgehead atoms. The normalized spacial score (nSPS) is 24.6. The maximum Gasteiger partial charge on any atom is 0.0629 e. The van der Waals surface area contributed by atoms with Gasteiger partial charge in [-0.15, -0.1) is 0 Å². The molecule has 2 aliphatic heterocycles. The Bertz CT molecular complexity index is 522. The highest BCUT2D eigenvalue weighted by molar-refractivity contribution is 5.27. The highest BCUT2D eigenvalue weighted by Gasteiger charge is 2.29. The highest BCUT2D eigenvalue weighted by atomic mass is 16.5. The molecule has 1 aromatic carbocycles. The Morgan fingerprint density at radius 2 is 1.88 bits per heavy atom. The number of nitrogens with zero attached hydrogens (tertiary/aromatic N) is 2. The Morgan fingerprint density at radius 3 is 2.58 bits per heavy atom. The quantitative estimate of drug-likeness (QED) is 0.786. The van der Waals surface area contributed by atoms with E-state index in [9.17, 15) is 0 Å². The highest BCUT2D eigenvalue weighted by Crippen LogP contribution is 2.29. The maximum absolute atomic E-state index is 5.86. The van der Waals surface area contributed by atoms with E-state index in [0.29, 0.717) is 0 Å². The number of likely N-dealkylation sites (tertiary alicyclic amines) is 1. The summed E-state index contributed by atoms with van der Waals surface area (Å²) in [6.07, 6.45) is 5.10. The van der Waals surface area contributed by atoms with Crippen LogP contribution in [0.2, 0.25) is 0 Å². The number of rotatable bonds is 6. The lowest BCUT2D eigenvalue weighted by Gasteiger charge is -2.37. The standard InChI is InChI=1S/C21H34N2O/c1-21(2)14-18(10-13-24-21)15-22(3)16-19-8-4-5-9-20(19)17-23-11-6-7-12-23/h4-5,8-9,18H,6-7,10-17H2,1-3H3. The van der Waals surface area contributed by atoms with Crippen molar-refractivity contribution in [2.24, 2.45) is 5.92 Å². The van der Waals surface area contributed by atoms with Crippen molar-refractivity contribution in [2.45, 2.75) is 58.2 Å². The second kappa shape index (κ2) is 7.99. The van der Waals surface area contributed by atoms with E-state index in [0.717, 1.165) is 25.6 Å². The summed E-state index contributed by atoms with van der Waals surface area (Å²) in [5, 5.41) is 0. The molecule has 1 atom stereocenters. The summed E-state index contributed by atoms with van der Waals surface area (Å²) in [4.78, 5) is 5.11. The summed E-state index contributed by atoms with van der Waals surface area (Å²) < 4.78 is 5.86. The van der Waals surface area contributed by atoms with Crippen LogP contribution < -0.4 is 0 Å². The molecule has 0 spiro atoms. The van der Waals surface area contributed by atoms with Crippen LogP contribution in [0.4, 0.5) is 0 Å². The fourth-order valence-corrected chi connectivity index (χ4v) is 4.36. The zero-order valence-corrected chi connectivity index (χ0v) is 15.8. The van der Waals surface area contributed by atoms with Gasteiger partial charge in [-0.2, -0.15) is 0 Å². The Morgan fingerprint density at radius 1 is 1.17 bits per heavy atom. The van der Waals surface area contributed by atoms with Gasteiger partial charge in [-0.05, 0) is 76.7 Å². The summed E-state index contributed by atoms with van der Waals surface area (Å²) in [5.41, 5.74) is 3.06. The van der Waals surface area contributed by atoms with Crippen molar-refractivity contribution < 1.29 is 4.74 Å². The van der Waals surface area contributed by atoms with Crippen LogP contribution in [0.5, 0.6) is 0 Å². The Kier molecular flexibility index (Phi) is 5.96. The number of benzene rings is 1. The van der Waals surface area contributed by atoms with Gasteiger partial charge in [-0.1, -0.05) is 24.3 Å². The molecule has 2 heterocycles. The Balaban J connectivity index is 1.56. The number of ether oxygens (including phenoxy) is 1. The molecule has 3 rings (SSSR count). The molecule has 2 fully saturated rings. The van der Waals surface area contributed by atoms with E-state index in [1.807, 2.05) is 0 Å². The van der Waals surface area contributed by atoms with Crippen molar-refractivity contribution in [3.63, 3.8) is 0 Å². The first-order valence-electron chi connectivity index (χ1n) is 9.63. The second-order valence-electron chi connectivity index (χ2n) is 8.42. The van der Waals surface area contributed by atoms with Gasteiger partial charge in [-0.3, -0.25) is 4.90 Å². The average molecular weight is 331 g/mol. The maximum atomic E-state index is 5.86. The average Bonchev–Trinajstić information content (AvgIpc) is 3.01. The molecule has 0 N–H and O–H groups in total. The molecular formula is C21H34N2O. The smallest absolute Gasteiger partial charge is 0.0629 e. The summed E-state index contributed by atoms with van der Waals surface area (Å²) in [6, 6.07) is 9.01. The summed E-state index contributed by atoms with van der Waals surface area (Å²) >= 11 is 0. The van der Waals surface area contributed by atoms with Gasteiger partial charge in [0.25, 0.3) is 0 Å². The van der Waals surface area contributed by atoms with Crippen molar-refractivity contribution in [2.75, 3.05) is 33.3 Å². The second-order valence-corrected chi connectivity index (χ2v) is 8.42. The van der Waals surface area contributed by atoms with Gasteiger partial charge >= 0.3 is 0 Å². The minimum Gasteiger partial charge on any atom is -0.376 e. The van der Waals surface area contributed by atoms with Crippen molar-refractivity contribution in [1.29, 1.82) is 0 Å². The van der Waals surface area contributed by atoms with E-state index in [4.69, 9.17) is 4.74 Å². The van der Waals surface area contributed by atoms with Crippen LogP contribution in [0.15, 0.2) is 24.3 Å². The lowest BCUT2D eigenvalue weighted by molar-refractivity contribution is -0.0761. The number of hydrogen-bond acceptors (Lipinski definition) is 3. The fraction of sp³-hybridized carbons (Fsp3) is 0.714. The third-order valence-electron chi connectivity index (χ3n) is 5.52. The van der Waals surface area contributed by atoms with Gasteiger partial charge in [0.2, 0.25) is 0 Å². The first-order valence-corrected chi connectivity index (χ1v) is 9.63. The van der Waals surface area contributed by atoms with Crippen molar-refractivity contribution in [3.8, 4) is 0 Å². The van der Waals surface area contributed by atoms with E-state index < -0.39 is 0 Å². The van der Waals surface area contributed by atoms with Gasteiger partial charge in [0.15, 0.2) is 0 Å². The van der Waals surface area contributed by atoms with E-state index in [2.05, 4.69) is 55.0 Å². The van der Waals surface area contributed by atoms with Gasteiger partial charge in [0.1, 0.15) is 0 Å².